The molecule has 0 amide bonds. The highest BCUT2D eigenvalue weighted by atomic mass is 32.1. The molecule has 5 rings (SSSR count). The molecule has 0 radical (unpaired) electrons. The molecule has 2 aromatic heterocycles. The number of aromatic nitrogens is 2. The Balaban J connectivity index is 1.62. The first kappa shape index (κ1) is 20.7. The van der Waals surface area contributed by atoms with Gasteiger partial charge in [0.1, 0.15) is 5.01 Å². The summed E-state index contributed by atoms with van der Waals surface area (Å²) in [5, 5.41) is 0.851. The van der Waals surface area contributed by atoms with Crippen LogP contribution in [0.2, 0.25) is 0 Å². The van der Waals surface area contributed by atoms with E-state index in [0.29, 0.717) is 11.8 Å². The van der Waals surface area contributed by atoms with Crippen LogP contribution in [0.5, 0.6) is 11.8 Å². The minimum atomic E-state index is -0.170. The fourth-order valence-electron chi connectivity index (χ4n) is 4.08. The molecule has 0 spiro atoms. The Bertz CT molecular complexity index is 1230. The standard InChI is InChI=1S/C26H25N3O2S/c1-30-21-14-13-20(24(28-21)31-2)25-29-22(23(32-25)18-7-4-3-5-8-18)17-9-11-19(12-10-17)26(27)15-6-16-26/h3-5,7-14H,6,15-16,27H2,1-2H3. The van der Waals surface area contributed by atoms with E-state index in [-0.39, 0.29) is 5.54 Å². The van der Waals surface area contributed by atoms with E-state index in [1.807, 2.05) is 30.3 Å². The lowest BCUT2D eigenvalue weighted by Crippen LogP contribution is -2.43. The molecule has 1 aliphatic carbocycles. The van der Waals surface area contributed by atoms with Gasteiger partial charge in [0.25, 0.3) is 0 Å². The summed E-state index contributed by atoms with van der Waals surface area (Å²) < 4.78 is 10.8. The number of benzene rings is 2. The number of hydrogen-bond donors (Lipinski definition) is 1. The van der Waals surface area contributed by atoms with Crippen LogP contribution >= 0.6 is 11.3 Å². The van der Waals surface area contributed by atoms with E-state index in [2.05, 4.69) is 41.4 Å². The zero-order chi connectivity index (χ0) is 22.1. The predicted molar refractivity (Wildman–Crippen MR) is 129 cm³/mol. The van der Waals surface area contributed by atoms with Gasteiger partial charge in [0.15, 0.2) is 0 Å². The van der Waals surface area contributed by atoms with Crippen LogP contribution in [-0.4, -0.2) is 24.2 Å². The van der Waals surface area contributed by atoms with Crippen molar-refractivity contribution < 1.29 is 9.47 Å². The Hall–Kier alpha value is -3.22. The Morgan fingerprint density at radius 1 is 0.844 bits per heavy atom. The maximum absolute atomic E-state index is 6.52. The maximum atomic E-state index is 6.52. The highest BCUT2D eigenvalue weighted by molar-refractivity contribution is 7.19. The molecule has 0 aliphatic heterocycles. The van der Waals surface area contributed by atoms with Gasteiger partial charge in [0, 0.05) is 17.2 Å². The lowest BCUT2D eigenvalue weighted by molar-refractivity contribution is 0.253. The second-order valence-electron chi connectivity index (χ2n) is 8.06. The molecule has 2 aromatic carbocycles. The number of hydrogen-bond acceptors (Lipinski definition) is 6. The Morgan fingerprint density at radius 2 is 1.59 bits per heavy atom. The zero-order valence-corrected chi connectivity index (χ0v) is 19.0. The van der Waals surface area contributed by atoms with Gasteiger partial charge < -0.3 is 15.2 Å². The van der Waals surface area contributed by atoms with Gasteiger partial charge in [-0.1, -0.05) is 54.6 Å². The molecule has 1 saturated carbocycles. The molecule has 2 heterocycles. The third-order valence-electron chi connectivity index (χ3n) is 6.11. The Morgan fingerprint density at radius 3 is 2.22 bits per heavy atom. The summed E-state index contributed by atoms with van der Waals surface area (Å²) >= 11 is 1.63. The summed E-state index contributed by atoms with van der Waals surface area (Å²) in [5.74, 6) is 1.00. The molecule has 4 aromatic rings. The van der Waals surface area contributed by atoms with Crippen LogP contribution in [0.1, 0.15) is 24.8 Å². The maximum Gasteiger partial charge on any atom is 0.226 e. The highest BCUT2D eigenvalue weighted by Gasteiger charge is 2.34. The van der Waals surface area contributed by atoms with Crippen LogP contribution in [-0.2, 0) is 5.54 Å². The molecule has 0 saturated heterocycles. The number of methoxy groups -OCH3 is 2. The van der Waals surface area contributed by atoms with Crippen LogP contribution in [0.25, 0.3) is 32.3 Å². The smallest absolute Gasteiger partial charge is 0.226 e. The van der Waals surface area contributed by atoms with Gasteiger partial charge in [0.2, 0.25) is 11.8 Å². The summed E-state index contributed by atoms with van der Waals surface area (Å²) in [6.07, 6.45) is 3.29. The molecular weight excluding hydrogens is 418 g/mol. The van der Waals surface area contributed by atoms with Gasteiger partial charge in [-0.15, -0.1) is 11.3 Å². The van der Waals surface area contributed by atoms with Gasteiger partial charge >= 0.3 is 0 Å². The summed E-state index contributed by atoms with van der Waals surface area (Å²) in [4.78, 5) is 10.6. The normalized spacial score (nSPS) is 14.6. The van der Waals surface area contributed by atoms with Gasteiger partial charge in [-0.05, 0) is 36.5 Å². The number of ether oxygens (including phenoxy) is 2. The minimum absolute atomic E-state index is 0.170. The van der Waals surface area contributed by atoms with Crippen molar-refractivity contribution in [3.63, 3.8) is 0 Å². The van der Waals surface area contributed by atoms with Crippen LogP contribution in [0.15, 0.2) is 66.7 Å². The largest absolute Gasteiger partial charge is 0.481 e. The molecule has 32 heavy (non-hydrogen) atoms. The molecule has 1 fully saturated rings. The van der Waals surface area contributed by atoms with Crippen molar-refractivity contribution >= 4 is 11.3 Å². The van der Waals surface area contributed by atoms with Crippen molar-refractivity contribution in [2.45, 2.75) is 24.8 Å². The second kappa shape index (κ2) is 8.37. The minimum Gasteiger partial charge on any atom is -0.481 e. The van der Waals surface area contributed by atoms with E-state index in [9.17, 15) is 0 Å². The molecule has 6 heteroatoms. The Labute approximate surface area is 191 Å². The molecule has 0 bridgehead atoms. The predicted octanol–water partition coefficient (Wildman–Crippen LogP) is 5.89. The van der Waals surface area contributed by atoms with E-state index >= 15 is 0 Å². The number of thiazole rings is 1. The van der Waals surface area contributed by atoms with Crippen molar-refractivity contribution in [2.24, 2.45) is 5.73 Å². The van der Waals surface area contributed by atoms with Crippen LogP contribution in [0, 0.1) is 0 Å². The lowest BCUT2D eigenvalue weighted by atomic mass is 9.72. The fourth-order valence-corrected chi connectivity index (χ4v) is 5.19. The summed E-state index contributed by atoms with van der Waals surface area (Å²) in [6, 6.07) is 22.7. The van der Waals surface area contributed by atoms with Gasteiger partial charge in [-0.2, -0.15) is 4.98 Å². The van der Waals surface area contributed by atoms with Crippen LogP contribution in [0.3, 0.4) is 0 Å². The summed E-state index contributed by atoms with van der Waals surface area (Å²) in [5.41, 5.74) is 11.5. The van der Waals surface area contributed by atoms with E-state index in [1.165, 1.54) is 12.0 Å². The summed E-state index contributed by atoms with van der Waals surface area (Å²) in [7, 11) is 3.20. The summed E-state index contributed by atoms with van der Waals surface area (Å²) in [6.45, 7) is 0. The van der Waals surface area contributed by atoms with Crippen LogP contribution < -0.4 is 15.2 Å². The highest BCUT2D eigenvalue weighted by Crippen LogP contribution is 2.44. The van der Waals surface area contributed by atoms with Gasteiger partial charge in [0.05, 0.1) is 30.4 Å². The molecule has 2 N–H and O–H groups in total. The zero-order valence-electron chi connectivity index (χ0n) is 18.2. The first-order valence-corrected chi connectivity index (χ1v) is 11.5. The SMILES string of the molecule is COc1ccc(-c2nc(-c3ccc(C4(N)CCC4)cc3)c(-c3ccccc3)s2)c(OC)n1. The van der Waals surface area contributed by atoms with Crippen molar-refractivity contribution in [1.29, 1.82) is 0 Å². The molecule has 5 nitrogen and oxygen atoms in total. The third kappa shape index (κ3) is 3.66. The van der Waals surface area contributed by atoms with Crippen molar-refractivity contribution in [1.82, 2.24) is 9.97 Å². The van der Waals surface area contributed by atoms with E-state index in [0.717, 1.165) is 45.1 Å². The molecule has 0 atom stereocenters. The van der Waals surface area contributed by atoms with E-state index in [4.69, 9.17) is 20.2 Å². The molecule has 1 aliphatic rings. The van der Waals surface area contributed by atoms with Crippen molar-refractivity contribution in [2.75, 3.05) is 14.2 Å². The monoisotopic (exact) mass is 443 g/mol. The number of rotatable bonds is 6. The molecule has 162 valence electrons. The fraction of sp³-hybridized carbons (Fsp3) is 0.231. The number of nitrogens with two attached hydrogens (primary N) is 1. The van der Waals surface area contributed by atoms with Gasteiger partial charge in [-0.25, -0.2) is 4.98 Å². The van der Waals surface area contributed by atoms with E-state index < -0.39 is 0 Å². The average molecular weight is 444 g/mol. The first-order valence-electron chi connectivity index (χ1n) is 10.7. The number of pyridine rings is 1. The Kier molecular flexibility index (Phi) is 5.41. The van der Waals surface area contributed by atoms with Gasteiger partial charge in [-0.3, -0.25) is 0 Å². The lowest BCUT2D eigenvalue weighted by Gasteiger charge is -2.38. The van der Waals surface area contributed by atoms with Crippen molar-refractivity contribution in [3.05, 3.63) is 72.3 Å². The molecular formula is C26H25N3O2S. The van der Waals surface area contributed by atoms with Crippen molar-refractivity contribution in [3.8, 4) is 44.0 Å². The number of nitrogens with zero attached hydrogens (tertiary/aromatic N) is 2. The van der Waals surface area contributed by atoms with E-state index in [1.54, 1.807) is 25.6 Å². The third-order valence-corrected chi connectivity index (χ3v) is 7.25. The van der Waals surface area contributed by atoms with Crippen LogP contribution in [0.4, 0.5) is 0 Å². The average Bonchev–Trinajstić information content (AvgIpc) is 3.28. The first-order chi connectivity index (χ1) is 15.6. The quantitative estimate of drug-likeness (QED) is 0.402. The molecule has 0 unspecified atom stereocenters. The second-order valence-corrected chi connectivity index (χ2v) is 9.06. The topological polar surface area (TPSA) is 70.3 Å².